The fourth-order valence-electron chi connectivity index (χ4n) is 2.05. The molecular weight excluding hydrogens is 244 g/mol. The van der Waals surface area contributed by atoms with Gasteiger partial charge in [0.2, 0.25) is 5.91 Å². The highest BCUT2D eigenvalue weighted by molar-refractivity contribution is 5.76. The molecule has 0 N–H and O–H groups in total. The summed E-state index contributed by atoms with van der Waals surface area (Å²) in [6.07, 6.45) is 1.54. The summed E-state index contributed by atoms with van der Waals surface area (Å²) in [6.45, 7) is 3.06. The molecule has 0 spiro atoms. The smallest absolute Gasteiger partial charge is 0.268 e. The summed E-state index contributed by atoms with van der Waals surface area (Å²) < 4.78 is 1.29. The van der Waals surface area contributed by atoms with Crippen LogP contribution < -0.4 is 5.56 Å². The number of nitrogens with zero attached hydrogens (tertiary/aromatic N) is 4. The van der Waals surface area contributed by atoms with Gasteiger partial charge >= 0.3 is 0 Å². The normalized spacial score (nSPS) is 16.1. The van der Waals surface area contributed by atoms with Crippen molar-refractivity contribution < 1.29 is 4.79 Å². The fraction of sp³-hybridized carbons (Fsp3) is 0.462. The van der Waals surface area contributed by atoms with Crippen LogP contribution in [-0.2, 0) is 11.3 Å². The van der Waals surface area contributed by atoms with Crippen LogP contribution in [0.15, 0.2) is 23.1 Å². The molecule has 0 aliphatic carbocycles. The van der Waals surface area contributed by atoms with Crippen LogP contribution in [0.2, 0.25) is 0 Å². The maximum atomic E-state index is 12.1. The van der Waals surface area contributed by atoms with Gasteiger partial charge in [0, 0.05) is 32.4 Å². The molecule has 1 amide bonds. The lowest BCUT2D eigenvalue weighted by atomic mass is 10.3. The summed E-state index contributed by atoms with van der Waals surface area (Å²) in [5.74, 6) is -0.0784. The van der Waals surface area contributed by atoms with E-state index in [1.54, 1.807) is 11.0 Å². The molecule has 1 aromatic rings. The van der Waals surface area contributed by atoms with Crippen LogP contribution in [0.5, 0.6) is 0 Å². The predicted molar refractivity (Wildman–Crippen MR) is 69.5 cm³/mol. The van der Waals surface area contributed by atoms with Gasteiger partial charge in [-0.05, 0) is 19.2 Å². The fourth-order valence-corrected chi connectivity index (χ4v) is 2.05. The Morgan fingerprint density at radius 2 is 2.05 bits per heavy atom. The summed E-state index contributed by atoms with van der Waals surface area (Å²) in [5.41, 5.74) is -0.346. The summed E-state index contributed by atoms with van der Waals surface area (Å²) in [5, 5.41) is 8.79. The van der Waals surface area contributed by atoms with Crippen LogP contribution in [-0.4, -0.2) is 53.5 Å². The first-order chi connectivity index (χ1) is 9.11. The molecule has 0 radical (unpaired) electrons. The third kappa shape index (κ3) is 3.01. The highest BCUT2D eigenvalue weighted by Crippen LogP contribution is 2.01. The molecular formula is C13H16N4O2. The Bertz CT molecular complexity index is 565. The van der Waals surface area contributed by atoms with Gasteiger partial charge in [0.25, 0.3) is 5.56 Å². The minimum Gasteiger partial charge on any atom is -0.339 e. The number of likely N-dealkylation sites (N-methyl/N-ethyl adjacent to an activating group) is 1. The molecule has 6 nitrogen and oxygen atoms in total. The first-order valence-electron chi connectivity index (χ1n) is 6.17. The first kappa shape index (κ1) is 13.3. The van der Waals surface area contributed by atoms with Gasteiger partial charge in [0.1, 0.15) is 18.2 Å². The molecule has 0 bridgehead atoms. The van der Waals surface area contributed by atoms with Crippen molar-refractivity contribution >= 4 is 5.91 Å². The molecule has 1 aliphatic heterocycles. The maximum Gasteiger partial charge on any atom is 0.268 e. The minimum absolute atomic E-state index is 0.00192. The van der Waals surface area contributed by atoms with Crippen molar-refractivity contribution in [2.45, 2.75) is 6.54 Å². The van der Waals surface area contributed by atoms with Gasteiger partial charge in [0.05, 0.1) is 0 Å². The zero-order valence-electron chi connectivity index (χ0n) is 10.9. The third-order valence-electron chi connectivity index (χ3n) is 3.30. The second kappa shape index (κ2) is 5.67. The SMILES string of the molecule is CN1CCN(C(=O)Cn2cccc(C#N)c2=O)CC1. The number of pyridine rings is 1. The van der Waals surface area contributed by atoms with Gasteiger partial charge in [-0.15, -0.1) is 0 Å². The number of rotatable bonds is 2. The molecule has 1 aliphatic rings. The predicted octanol–water partition coefficient (Wildman–Crippen LogP) is -0.506. The van der Waals surface area contributed by atoms with Crippen LogP contribution in [0.4, 0.5) is 0 Å². The van der Waals surface area contributed by atoms with Crippen molar-refractivity contribution in [3.63, 3.8) is 0 Å². The highest BCUT2D eigenvalue weighted by atomic mass is 16.2. The topological polar surface area (TPSA) is 69.3 Å². The van der Waals surface area contributed by atoms with E-state index in [0.717, 1.165) is 13.1 Å². The molecule has 0 unspecified atom stereocenters. The Morgan fingerprint density at radius 3 is 2.68 bits per heavy atom. The average Bonchev–Trinajstić information content (AvgIpc) is 2.42. The molecule has 1 saturated heterocycles. The van der Waals surface area contributed by atoms with E-state index in [2.05, 4.69) is 4.90 Å². The van der Waals surface area contributed by atoms with E-state index < -0.39 is 5.56 Å². The van der Waals surface area contributed by atoms with Gasteiger partial charge in [-0.25, -0.2) is 0 Å². The first-order valence-corrected chi connectivity index (χ1v) is 6.17. The molecule has 19 heavy (non-hydrogen) atoms. The quantitative estimate of drug-likeness (QED) is 0.718. The lowest BCUT2D eigenvalue weighted by molar-refractivity contribution is -0.133. The van der Waals surface area contributed by atoms with Gasteiger partial charge < -0.3 is 14.4 Å². The van der Waals surface area contributed by atoms with Gasteiger partial charge in [0.15, 0.2) is 0 Å². The van der Waals surface area contributed by atoms with E-state index in [1.807, 2.05) is 13.1 Å². The van der Waals surface area contributed by atoms with Crippen molar-refractivity contribution in [3.05, 3.63) is 34.2 Å². The lowest BCUT2D eigenvalue weighted by Crippen LogP contribution is -2.48. The zero-order chi connectivity index (χ0) is 13.8. The van der Waals surface area contributed by atoms with Crippen molar-refractivity contribution in [1.29, 1.82) is 5.26 Å². The van der Waals surface area contributed by atoms with Crippen LogP contribution in [0.25, 0.3) is 0 Å². The van der Waals surface area contributed by atoms with Crippen molar-refractivity contribution in [2.75, 3.05) is 33.2 Å². The number of piperazine rings is 1. The second-order valence-corrected chi connectivity index (χ2v) is 4.65. The number of hydrogen-bond donors (Lipinski definition) is 0. The van der Waals surface area contributed by atoms with Crippen molar-refractivity contribution in [2.24, 2.45) is 0 Å². The third-order valence-corrected chi connectivity index (χ3v) is 3.30. The largest absolute Gasteiger partial charge is 0.339 e. The Morgan fingerprint density at radius 1 is 1.37 bits per heavy atom. The van der Waals surface area contributed by atoms with E-state index in [9.17, 15) is 9.59 Å². The van der Waals surface area contributed by atoms with Crippen LogP contribution in [0.3, 0.4) is 0 Å². The molecule has 6 heteroatoms. The van der Waals surface area contributed by atoms with Crippen LogP contribution in [0.1, 0.15) is 5.56 Å². The van der Waals surface area contributed by atoms with Gasteiger partial charge in [-0.3, -0.25) is 9.59 Å². The summed E-state index contributed by atoms with van der Waals surface area (Å²) in [7, 11) is 2.02. The van der Waals surface area contributed by atoms with E-state index in [-0.39, 0.29) is 18.0 Å². The number of amides is 1. The zero-order valence-corrected chi connectivity index (χ0v) is 10.9. The molecule has 1 aromatic heterocycles. The number of hydrogen-bond acceptors (Lipinski definition) is 4. The Balaban J connectivity index is 2.08. The number of aromatic nitrogens is 1. The standard InChI is InChI=1S/C13H16N4O2/c1-15-5-7-16(8-6-15)12(18)10-17-4-2-3-11(9-14)13(17)19/h2-4H,5-8,10H2,1H3. The summed E-state index contributed by atoms with van der Waals surface area (Å²) in [6, 6.07) is 4.90. The van der Waals surface area contributed by atoms with E-state index in [4.69, 9.17) is 5.26 Å². The Labute approximate surface area is 111 Å². The number of nitriles is 1. The van der Waals surface area contributed by atoms with Gasteiger partial charge in [-0.2, -0.15) is 5.26 Å². The van der Waals surface area contributed by atoms with Gasteiger partial charge in [-0.1, -0.05) is 0 Å². The molecule has 2 heterocycles. The molecule has 0 atom stereocenters. The molecule has 100 valence electrons. The Hall–Kier alpha value is -2.13. The van der Waals surface area contributed by atoms with E-state index >= 15 is 0 Å². The average molecular weight is 260 g/mol. The molecule has 0 aromatic carbocycles. The molecule has 1 fully saturated rings. The van der Waals surface area contributed by atoms with E-state index in [1.165, 1.54) is 16.8 Å². The monoisotopic (exact) mass is 260 g/mol. The molecule has 0 saturated carbocycles. The van der Waals surface area contributed by atoms with Crippen LogP contribution in [0, 0.1) is 11.3 Å². The maximum absolute atomic E-state index is 12.1. The van der Waals surface area contributed by atoms with Crippen LogP contribution >= 0.6 is 0 Å². The van der Waals surface area contributed by atoms with Crippen molar-refractivity contribution in [3.8, 4) is 6.07 Å². The second-order valence-electron chi connectivity index (χ2n) is 4.65. The summed E-state index contributed by atoms with van der Waals surface area (Å²) in [4.78, 5) is 27.8. The summed E-state index contributed by atoms with van der Waals surface area (Å²) >= 11 is 0. The minimum atomic E-state index is -0.410. The number of carbonyl (C=O) groups is 1. The van der Waals surface area contributed by atoms with Crippen molar-refractivity contribution in [1.82, 2.24) is 14.4 Å². The number of carbonyl (C=O) groups excluding carboxylic acids is 1. The molecule has 2 rings (SSSR count). The highest BCUT2D eigenvalue weighted by Gasteiger charge is 2.19. The Kier molecular flexibility index (Phi) is 3.97. The van der Waals surface area contributed by atoms with E-state index in [0.29, 0.717) is 13.1 Å². The lowest BCUT2D eigenvalue weighted by Gasteiger charge is -2.32.